The number of carboxylic acid groups (broad SMARTS) is 2. The standard InChI is InChI=1S/C22H27BrN2O7.C17H27NO6.C14H22N2O6.C10H16O3.C9H13NO3.C8H6Br2O.C8H14O4.C5H8.C4H6ClNO3.C2H6S.CH4.B.Li.H2O/c1-13(2)18(24-21(29)30-3)19(27)25-16(11-22(32-25)9-4-10-22)20(28)31-12-17(26)14-5-7-15(23)8-6-14;1-5-23-15(20)11-9-17(7-6-8-17)24-14(11)13(19)12(10(2)3)18-16(21)22-4;1-8(2)10(15-13(20)21-3)11(17)16-9(12(18)19)7-14(22-16)5-4-6-14;1-2-12-9(11)8-6-10(13-7-8)4-3-5-10;1-2-12-8(11)7-6-9(13-10-7)4-3-5-9;9-5-8(11)6-1-3-7(10)4-2-6;1-5(2)6(8(10)11)4-7(9)12-3;1-5-3-2-4-5;1-2-9-4(7)3(5)6-8;1-3-2;;;;/h5-8,13,16,18H,4,9-12H2,1-3H3,(H,24,29);10-12,14H,5-9H2,1-4H3,(H,18,21);8-10H,4-7H2,1-3H3,(H,15,20)(H,18,19);8H,2-7H2,1H3;2-6H2,1H3;1-4H,5H2;5-6H,4H2,1-3H3,(H,10,11);1-4H2;8H,2H2,1H3;1-2H3;1H4;;;1H2/q;;;;;;;;;;;;+1;/p-1/b;;;;;;;;6-3-;;;;;/t16-,18-;11?,12-,14?;9?,10-;;;;6-;;;;;;;/m000...0......./s1. The predicted octanol–water partition coefficient (Wildman–Crippen LogP) is 12.8. The quantitative estimate of drug-likeness (QED) is 0.00507. The first-order valence-electron chi connectivity index (χ1n) is 48.2. The number of carbonyl (C=O) groups is 16. The van der Waals surface area contributed by atoms with Crippen molar-refractivity contribution < 1.29 is 183 Å². The second kappa shape index (κ2) is 69.0. The van der Waals surface area contributed by atoms with E-state index in [1.54, 1.807) is 110 Å². The van der Waals surface area contributed by atoms with Crippen LogP contribution in [-0.4, -0.2) is 296 Å². The largest absolute Gasteiger partial charge is 1.00 e. The smallest absolute Gasteiger partial charge is 0.870 e. The number of nitrogens with zero attached hydrogens (tertiary/aromatic N) is 4. The van der Waals surface area contributed by atoms with Crippen LogP contribution in [0.3, 0.4) is 0 Å². The Morgan fingerprint density at radius 3 is 1.29 bits per heavy atom. The summed E-state index contributed by atoms with van der Waals surface area (Å²) in [6.07, 6.45) is 21.8. The number of Topliss-reactive ketones (excluding diaryl/α,β-unsaturated/α-hetero) is 3. The van der Waals surface area contributed by atoms with E-state index in [2.05, 4.69) is 104 Å². The average Bonchev–Trinajstić information content (AvgIpc) is 1.62. The van der Waals surface area contributed by atoms with E-state index in [0.717, 1.165) is 115 Å². The molecule has 5 amide bonds. The van der Waals surface area contributed by atoms with Crippen molar-refractivity contribution in [3.8, 4) is 0 Å². The number of carboxylic acids is 2. The van der Waals surface area contributed by atoms with Crippen LogP contribution in [0.1, 0.15) is 265 Å². The van der Waals surface area contributed by atoms with Crippen LogP contribution in [0.4, 0.5) is 14.4 Å². The van der Waals surface area contributed by atoms with Gasteiger partial charge in [0.05, 0.1) is 119 Å². The summed E-state index contributed by atoms with van der Waals surface area (Å²) in [6, 6.07) is 9.38. The van der Waals surface area contributed by atoms with E-state index in [1.807, 2.05) is 45.4 Å². The number of halogens is 4. The van der Waals surface area contributed by atoms with Crippen LogP contribution in [0.25, 0.3) is 0 Å². The van der Waals surface area contributed by atoms with E-state index in [4.69, 9.17) is 64.8 Å². The van der Waals surface area contributed by atoms with Gasteiger partial charge in [0.2, 0.25) is 0 Å². The molecule has 5 aliphatic heterocycles. The molecule has 11 aliphatic rings. The first kappa shape index (κ1) is 139. The van der Waals surface area contributed by atoms with Gasteiger partial charge in [0, 0.05) is 47.7 Å². The van der Waals surface area contributed by atoms with E-state index in [9.17, 15) is 81.8 Å². The Bertz CT molecular complexity index is 4660. The van der Waals surface area contributed by atoms with Crippen molar-refractivity contribution in [1.29, 1.82) is 0 Å². The van der Waals surface area contributed by atoms with Gasteiger partial charge in [0.25, 0.3) is 17.0 Å². The number of ketones is 3. The molecule has 9 atom stereocenters. The molecule has 6 saturated carbocycles. The third-order valence-corrected chi connectivity index (χ3v) is 27.1. The SMILES string of the molecule is C.C=C1CCC1.CCOC(=O)/C(Cl)=N/O.CCOC(=O)C1=NOC2(CCC2)C1.CCOC(=O)C1CC2(CCC2)OC1C(=O)[C@@H](NC(=O)OC)C(C)C.CCOC(=O)C1COC2(CCC2)C1.COC(=O)C[C@H](C(=O)O)C(C)C.COC(=O)N[C@H](C(=O)N1OC2(CCC2)CC1C(=O)O)C(C)C.COC(=O)N[C@H](C(=O)N1OC2(CCC2)C[C@H]1C(=O)OCC(=O)c1ccc(Br)cc1)C(C)C.CSC.O=C(CBr)c1ccc(Br)cc1.[B].[Li+].[OH-]. The molecular formula is C100H150BBr3ClLiN7O34S. The molecule has 4 unspecified atom stereocenters. The maximum Gasteiger partial charge on any atom is 1.00 e. The van der Waals surface area contributed by atoms with Crippen LogP contribution in [0.2, 0.25) is 0 Å². The van der Waals surface area contributed by atoms with Crippen LogP contribution in [0.5, 0.6) is 0 Å². The number of aliphatic carboxylic acids is 2. The Morgan fingerprint density at radius 1 is 0.547 bits per heavy atom. The molecule has 5 spiro atoms. The van der Waals surface area contributed by atoms with Crippen LogP contribution in [-0.2, 0) is 119 Å². The average molecular weight is 2320 g/mol. The molecule has 2 aromatic rings. The number of benzene rings is 2. The number of oxime groups is 2. The molecule has 0 bridgehead atoms. The number of hydrogen-bond acceptors (Lipinski definition) is 35. The van der Waals surface area contributed by atoms with Crippen molar-refractivity contribution in [3.63, 3.8) is 0 Å². The normalized spacial score (nSPS) is 20.0. The Balaban J connectivity index is 0.00000169. The maximum absolute atomic E-state index is 13.2. The number of esters is 6. The van der Waals surface area contributed by atoms with Gasteiger partial charge in [-0.05, 0) is 217 Å². The van der Waals surface area contributed by atoms with Gasteiger partial charge in [0.1, 0.15) is 23.8 Å². The van der Waals surface area contributed by atoms with E-state index >= 15 is 0 Å². The van der Waals surface area contributed by atoms with Crippen LogP contribution >= 0.6 is 71.2 Å². The van der Waals surface area contributed by atoms with Gasteiger partial charge in [-0.3, -0.25) is 52.8 Å². The zero-order valence-corrected chi connectivity index (χ0v) is 93.9. The fourth-order valence-electron chi connectivity index (χ4n) is 16.2. The minimum Gasteiger partial charge on any atom is -0.870 e. The summed E-state index contributed by atoms with van der Waals surface area (Å²) < 4.78 is 56.1. The monoisotopic (exact) mass is 2310 g/mol. The summed E-state index contributed by atoms with van der Waals surface area (Å²) in [4.78, 5) is 205. The second-order valence-electron chi connectivity index (χ2n) is 37.2. The summed E-state index contributed by atoms with van der Waals surface area (Å²) >= 11 is 16.5. The number of amides is 5. The molecule has 4 saturated heterocycles. The van der Waals surface area contributed by atoms with Crippen molar-refractivity contribution in [2.24, 2.45) is 51.7 Å². The Hall–Kier alpha value is -8.82. The fourth-order valence-corrected chi connectivity index (χ4v) is 17.1. The Morgan fingerprint density at radius 2 is 0.953 bits per heavy atom. The molecule has 7 N–H and O–H groups in total. The number of alkyl halides is 1. The summed E-state index contributed by atoms with van der Waals surface area (Å²) in [5.74, 6) is -8.49. The minimum absolute atomic E-state index is 0. The number of hydroxylamine groups is 4. The number of allylic oxidation sites excluding steroid dienone is 1. The van der Waals surface area contributed by atoms with Crippen molar-refractivity contribution >= 4 is 186 Å². The number of ether oxygens (including phenoxy) is 11. The molecule has 148 heavy (non-hydrogen) atoms. The Labute approximate surface area is 915 Å². The third-order valence-electron chi connectivity index (χ3n) is 25.3. The summed E-state index contributed by atoms with van der Waals surface area (Å²) in [5, 5.41) is 41.4. The number of rotatable bonds is 29. The predicted molar refractivity (Wildman–Crippen MR) is 554 cm³/mol. The number of alkyl carbamates (subject to hydrolysis) is 3. The molecular weight excluding hydrogens is 2170 g/mol. The van der Waals surface area contributed by atoms with Gasteiger partial charge in [-0.1, -0.05) is 169 Å². The molecule has 2 aromatic carbocycles. The van der Waals surface area contributed by atoms with Crippen molar-refractivity contribution in [2.45, 2.75) is 309 Å². The van der Waals surface area contributed by atoms with E-state index < -0.39 is 137 Å². The second-order valence-corrected chi connectivity index (χ2v) is 40.8. The topological polar surface area (TPSA) is 560 Å². The summed E-state index contributed by atoms with van der Waals surface area (Å²) in [5.41, 5.74) is 1.45. The number of nitrogens with one attached hydrogen (secondary N) is 3. The van der Waals surface area contributed by atoms with Crippen LogP contribution in [0, 0.1) is 41.4 Å². The first-order valence-corrected chi connectivity index (χ1v) is 52.9. The minimum atomic E-state index is -1.10. The first-order chi connectivity index (χ1) is 68.0. The van der Waals surface area contributed by atoms with E-state index in [1.165, 1.54) is 66.1 Å². The zero-order chi connectivity index (χ0) is 108. The van der Waals surface area contributed by atoms with Crippen LogP contribution < -0.4 is 34.8 Å². The van der Waals surface area contributed by atoms with Gasteiger partial charge in [-0.2, -0.15) is 11.8 Å². The summed E-state index contributed by atoms with van der Waals surface area (Å²) in [7, 11) is 4.90. The van der Waals surface area contributed by atoms with Gasteiger partial charge in [-0.25, -0.2) is 43.7 Å². The number of methoxy groups -OCH3 is 4. The number of hydrogen-bond donors (Lipinski definition) is 6. The van der Waals surface area contributed by atoms with Gasteiger partial charge in [0.15, 0.2) is 41.8 Å². The molecule has 3 radical (unpaired) electrons. The van der Waals surface area contributed by atoms with Crippen molar-refractivity contribution in [1.82, 2.24) is 26.1 Å². The fraction of sp³-hybridized carbons (Fsp3) is 0.680. The molecule has 41 nitrogen and oxygen atoms in total. The Kier molecular flexibility index (Phi) is 64.9. The third kappa shape index (κ3) is 43.4. The molecule has 13 rings (SSSR count). The van der Waals surface area contributed by atoms with E-state index in [0.29, 0.717) is 49.3 Å². The molecule has 10 fully saturated rings. The molecule has 48 heteroatoms. The molecule has 5 heterocycles. The van der Waals surface area contributed by atoms with E-state index in [-0.39, 0.29) is 148 Å². The van der Waals surface area contributed by atoms with Gasteiger partial charge in [-0.15, -0.1) is 0 Å². The zero-order valence-electron chi connectivity index (χ0n) is 87.6. The number of thioether (sulfide) groups is 1. The molecule has 6 aliphatic carbocycles. The van der Waals surface area contributed by atoms with Crippen molar-refractivity contribution in [2.75, 3.05) is 85.9 Å². The van der Waals surface area contributed by atoms with Gasteiger partial charge < -0.3 is 93.8 Å². The van der Waals surface area contributed by atoms with Crippen molar-refractivity contribution in [3.05, 3.63) is 80.8 Å². The summed E-state index contributed by atoms with van der Waals surface area (Å²) in [6.45, 7) is 26.4. The van der Waals surface area contributed by atoms with Gasteiger partial charge >= 0.3 is 84.9 Å². The molecule has 0 aromatic heterocycles. The maximum atomic E-state index is 13.2. The van der Waals surface area contributed by atoms with Crippen LogP contribution in [0.15, 0.2) is 79.9 Å². The molecule has 827 valence electrons. The number of carbonyl (C=O) groups excluding carboxylic acids is 14.